The van der Waals surface area contributed by atoms with Crippen LogP contribution in [0.2, 0.25) is 0 Å². The molecule has 0 fully saturated rings. The van der Waals surface area contributed by atoms with Crippen LogP contribution in [0.5, 0.6) is 0 Å². The molecule has 0 unspecified atom stereocenters. The van der Waals surface area contributed by atoms with Crippen LogP contribution in [-0.2, 0) is 6.18 Å². The van der Waals surface area contributed by atoms with Crippen LogP contribution in [0.25, 0.3) is 0 Å². The Balaban J connectivity index is 2.03. The summed E-state index contributed by atoms with van der Waals surface area (Å²) in [5.74, 6) is 0. The van der Waals surface area contributed by atoms with Gasteiger partial charge in [-0.15, -0.1) is 0 Å². The molecule has 1 N–H and O–H groups in total. The molecule has 17 heavy (non-hydrogen) atoms. The maximum atomic E-state index is 12.3. The van der Waals surface area contributed by atoms with Gasteiger partial charge < -0.3 is 5.32 Å². The molecule has 0 amide bonds. The topological polar surface area (TPSA) is 12.0 Å². The normalized spacial score (nSPS) is 20.3. The summed E-state index contributed by atoms with van der Waals surface area (Å²) in [4.78, 5) is 0. The number of rotatable bonds is 2. The molecule has 0 heterocycles. The molecule has 1 aromatic carbocycles. The molecule has 0 spiro atoms. The van der Waals surface area contributed by atoms with Crippen LogP contribution >= 0.6 is 0 Å². The number of allylic oxidation sites excluding steroid dienone is 1. The van der Waals surface area contributed by atoms with Crippen molar-refractivity contribution in [2.45, 2.75) is 31.5 Å². The van der Waals surface area contributed by atoms with Crippen LogP contribution in [-0.4, -0.2) is 6.04 Å². The van der Waals surface area contributed by atoms with Gasteiger partial charge >= 0.3 is 6.18 Å². The molecular weight excluding hydrogens is 227 g/mol. The highest BCUT2D eigenvalue weighted by Gasteiger charge is 2.29. The van der Waals surface area contributed by atoms with Crippen LogP contribution in [0, 0.1) is 0 Å². The Morgan fingerprint density at radius 3 is 2.35 bits per heavy atom. The summed E-state index contributed by atoms with van der Waals surface area (Å²) in [6, 6.07) is 5.40. The highest BCUT2D eigenvalue weighted by molar-refractivity contribution is 5.46. The number of hydrogen-bond donors (Lipinski definition) is 1. The summed E-state index contributed by atoms with van der Waals surface area (Å²) in [5, 5.41) is 3.21. The van der Waals surface area contributed by atoms with Gasteiger partial charge in [0.05, 0.1) is 5.56 Å². The molecule has 1 atom stereocenters. The van der Waals surface area contributed by atoms with Gasteiger partial charge in [0.2, 0.25) is 0 Å². The number of alkyl halides is 3. The molecule has 92 valence electrons. The molecule has 0 saturated carbocycles. The first kappa shape index (κ1) is 12.0. The van der Waals surface area contributed by atoms with Gasteiger partial charge in [0.1, 0.15) is 0 Å². The first-order valence-electron chi connectivity index (χ1n) is 5.66. The Morgan fingerprint density at radius 1 is 1.12 bits per heavy atom. The van der Waals surface area contributed by atoms with E-state index in [1.165, 1.54) is 12.1 Å². The Labute approximate surface area is 98.3 Å². The van der Waals surface area contributed by atoms with Gasteiger partial charge in [0.25, 0.3) is 0 Å². The molecular formula is C13H14F3N. The van der Waals surface area contributed by atoms with Crippen molar-refractivity contribution in [2.75, 3.05) is 5.32 Å². The fraction of sp³-hybridized carbons (Fsp3) is 0.385. The zero-order valence-corrected chi connectivity index (χ0v) is 9.30. The van der Waals surface area contributed by atoms with Crippen LogP contribution in [0.15, 0.2) is 36.4 Å². The molecule has 1 aliphatic carbocycles. The maximum Gasteiger partial charge on any atom is 0.416 e. The molecule has 0 saturated heterocycles. The van der Waals surface area contributed by atoms with E-state index >= 15 is 0 Å². The van der Waals surface area contributed by atoms with Crippen molar-refractivity contribution in [1.82, 2.24) is 0 Å². The Hall–Kier alpha value is -1.45. The lowest BCUT2D eigenvalue weighted by Gasteiger charge is -2.19. The monoisotopic (exact) mass is 241 g/mol. The highest BCUT2D eigenvalue weighted by atomic mass is 19.4. The maximum absolute atomic E-state index is 12.3. The highest BCUT2D eigenvalue weighted by Crippen LogP contribution is 2.30. The fourth-order valence-electron chi connectivity index (χ4n) is 1.90. The van der Waals surface area contributed by atoms with E-state index < -0.39 is 11.7 Å². The summed E-state index contributed by atoms with van der Waals surface area (Å²) in [6.45, 7) is 0. The number of benzene rings is 1. The predicted octanol–water partition coefficient (Wildman–Crippen LogP) is 4.23. The second-order valence-electron chi connectivity index (χ2n) is 4.18. The molecule has 4 heteroatoms. The van der Waals surface area contributed by atoms with Gasteiger partial charge in [-0.1, -0.05) is 12.2 Å². The standard InChI is InChI=1S/C13H14F3N/c14-13(15,16)10-6-8-12(9-7-10)17-11-4-2-1-3-5-11/h2,4,6-9,11,17H,1,3,5H2/t11-/m1/s1. The van der Waals surface area contributed by atoms with Crippen LogP contribution in [0.1, 0.15) is 24.8 Å². The van der Waals surface area contributed by atoms with Crippen molar-refractivity contribution in [3.63, 3.8) is 0 Å². The van der Waals surface area contributed by atoms with Gasteiger partial charge in [-0.2, -0.15) is 13.2 Å². The first-order valence-corrected chi connectivity index (χ1v) is 5.66. The van der Waals surface area contributed by atoms with E-state index in [0.29, 0.717) is 0 Å². The number of anilines is 1. The first-order chi connectivity index (χ1) is 8.05. The Morgan fingerprint density at radius 2 is 1.82 bits per heavy atom. The lowest BCUT2D eigenvalue weighted by atomic mass is 10.0. The lowest BCUT2D eigenvalue weighted by Crippen LogP contribution is -2.18. The zero-order valence-electron chi connectivity index (χ0n) is 9.30. The minimum atomic E-state index is -4.26. The van der Waals surface area contributed by atoms with E-state index in [4.69, 9.17) is 0 Å². The molecule has 1 aliphatic rings. The second-order valence-corrected chi connectivity index (χ2v) is 4.18. The van der Waals surface area contributed by atoms with E-state index in [1.54, 1.807) is 0 Å². The predicted molar refractivity (Wildman–Crippen MR) is 61.8 cm³/mol. The van der Waals surface area contributed by atoms with Crippen LogP contribution in [0.3, 0.4) is 0 Å². The van der Waals surface area contributed by atoms with Gasteiger partial charge in [0, 0.05) is 11.7 Å². The van der Waals surface area contributed by atoms with Gasteiger partial charge in [-0.05, 0) is 43.5 Å². The lowest BCUT2D eigenvalue weighted by molar-refractivity contribution is -0.137. The smallest absolute Gasteiger partial charge is 0.379 e. The van der Waals surface area contributed by atoms with Gasteiger partial charge in [-0.3, -0.25) is 0 Å². The van der Waals surface area contributed by atoms with Crippen molar-refractivity contribution in [3.05, 3.63) is 42.0 Å². The second kappa shape index (κ2) is 4.82. The van der Waals surface area contributed by atoms with E-state index in [2.05, 4.69) is 17.5 Å². The third-order valence-corrected chi connectivity index (χ3v) is 2.82. The summed E-state index contributed by atoms with van der Waals surface area (Å²) in [5.41, 5.74) is 0.122. The largest absolute Gasteiger partial charge is 0.416 e. The summed E-state index contributed by atoms with van der Waals surface area (Å²) < 4.78 is 37.0. The molecule has 2 rings (SSSR count). The molecule has 0 bridgehead atoms. The minimum Gasteiger partial charge on any atom is -0.379 e. The summed E-state index contributed by atoms with van der Waals surface area (Å²) >= 11 is 0. The van der Waals surface area contributed by atoms with Crippen molar-refractivity contribution < 1.29 is 13.2 Å². The van der Waals surface area contributed by atoms with Crippen molar-refractivity contribution in [3.8, 4) is 0 Å². The SMILES string of the molecule is FC(F)(F)c1ccc(N[C@@H]2C=CCCC2)cc1. The fourth-order valence-corrected chi connectivity index (χ4v) is 1.90. The van der Waals surface area contributed by atoms with Crippen molar-refractivity contribution >= 4 is 5.69 Å². The van der Waals surface area contributed by atoms with E-state index in [0.717, 1.165) is 37.1 Å². The molecule has 0 aliphatic heterocycles. The average Bonchev–Trinajstić information content (AvgIpc) is 2.30. The Kier molecular flexibility index (Phi) is 3.41. The van der Waals surface area contributed by atoms with Gasteiger partial charge in [-0.25, -0.2) is 0 Å². The molecule has 1 aromatic rings. The number of nitrogens with one attached hydrogen (secondary N) is 1. The van der Waals surface area contributed by atoms with Crippen molar-refractivity contribution in [1.29, 1.82) is 0 Å². The minimum absolute atomic E-state index is 0.237. The van der Waals surface area contributed by atoms with E-state index in [9.17, 15) is 13.2 Å². The third-order valence-electron chi connectivity index (χ3n) is 2.82. The van der Waals surface area contributed by atoms with Crippen molar-refractivity contribution in [2.24, 2.45) is 0 Å². The summed E-state index contributed by atoms with van der Waals surface area (Å²) in [7, 11) is 0. The summed E-state index contributed by atoms with van der Waals surface area (Å²) in [6.07, 6.45) is 3.15. The van der Waals surface area contributed by atoms with Gasteiger partial charge in [0.15, 0.2) is 0 Å². The van der Waals surface area contributed by atoms with E-state index in [-0.39, 0.29) is 6.04 Å². The number of halogens is 3. The molecule has 1 nitrogen and oxygen atoms in total. The Bertz CT molecular complexity index is 392. The zero-order chi connectivity index (χ0) is 12.3. The average molecular weight is 241 g/mol. The molecule has 0 radical (unpaired) electrons. The van der Waals surface area contributed by atoms with E-state index in [1.807, 2.05) is 0 Å². The van der Waals surface area contributed by atoms with Crippen LogP contribution < -0.4 is 5.32 Å². The quantitative estimate of drug-likeness (QED) is 0.764. The molecule has 0 aromatic heterocycles. The third kappa shape index (κ3) is 3.25. The van der Waals surface area contributed by atoms with Crippen LogP contribution in [0.4, 0.5) is 18.9 Å². The number of hydrogen-bond acceptors (Lipinski definition) is 1.